The number of rotatable bonds is 5. The molecule has 7 nitrogen and oxygen atoms in total. The minimum absolute atomic E-state index is 0.157. The van der Waals surface area contributed by atoms with E-state index in [1.165, 1.54) is 6.92 Å². The average Bonchev–Trinajstić information content (AvgIpc) is 2.16. The van der Waals surface area contributed by atoms with E-state index < -0.39 is 23.8 Å². The van der Waals surface area contributed by atoms with Crippen molar-refractivity contribution in [1.29, 1.82) is 0 Å². The molecule has 0 aliphatic carbocycles. The lowest BCUT2D eigenvalue weighted by Gasteiger charge is -2.20. The summed E-state index contributed by atoms with van der Waals surface area (Å²) in [5, 5.41) is 13.7. The molecule has 0 fully saturated rings. The fourth-order valence-electron chi connectivity index (χ4n) is 1.22. The van der Waals surface area contributed by atoms with Gasteiger partial charge in [-0.15, -0.1) is 0 Å². The van der Waals surface area contributed by atoms with Crippen LogP contribution in [0.5, 0.6) is 0 Å². The van der Waals surface area contributed by atoms with Crippen LogP contribution in [-0.2, 0) is 9.59 Å². The molecule has 0 aromatic heterocycles. The van der Waals surface area contributed by atoms with Gasteiger partial charge in [0, 0.05) is 0 Å². The van der Waals surface area contributed by atoms with Crippen molar-refractivity contribution < 1.29 is 14.8 Å². The van der Waals surface area contributed by atoms with Crippen LogP contribution in [0.4, 0.5) is 0 Å². The van der Waals surface area contributed by atoms with Gasteiger partial charge in [0.25, 0.3) is 0 Å². The van der Waals surface area contributed by atoms with Gasteiger partial charge in [-0.05, 0) is 12.8 Å². The number of nitrogens with one attached hydrogen (secondary N) is 1. The first-order valence-corrected chi connectivity index (χ1v) is 4.88. The summed E-state index contributed by atoms with van der Waals surface area (Å²) in [6.07, 6.45) is 0. The lowest BCUT2D eigenvalue weighted by molar-refractivity contribution is -0.129. The van der Waals surface area contributed by atoms with Gasteiger partial charge in [0.05, 0.1) is 0 Å². The SMILES string of the molecule is CC(NC(=O)C(C(N)=NO)C(C)C)C(N)=O. The molecule has 0 rings (SSSR count). The van der Waals surface area contributed by atoms with Gasteiger partial charge in [0.1, 0.15) is 12.0 Å². The second-order valence-corrected chi connectivity index (χ2v) is 3.88. The molecule has 0 spiro atoms. The number of amidine groups is 1. The molecule has 2 amide bonds. The first-order chi connectivity index (χ1) is 7.31. The van der Waals surface area contributed by atoms with E-state index in [1.807, 2.05) is 0 Å². The number of hydrogen-bond acceptors (Lipinski definition) is 4. The highest BCUT2D eigenvalue weighted by atomic mass is 16.4. The molecular weight excluding hydrogens is 212 g/mol. The molecule has 0 bridgehead atoms. The third-order valence-electron chi connectivity index (χ3n) is 2.17. The van der Waals surface area contributed by atoms with Gasteiger partial charge in [-0.2, -0.15) is 0 Å². The lowest BCUT2D eigenvalue weighted by Crippen LogP contribution is -2.48. The van der Waals surface area contributed by atoms with E-state index in [1.54, 1.807) is 13.8 Å². The second-order valence-electron chi connectivity index (χ2n) is 3.88. The van der Waals surface area contributed by atoms with Crippen LogP contribution in [0.3, 0.4) is 0 Å². The summed E-state index contributed by atoms with van der Waals surface area (Å²) in [5.74, 6) is -2.26. The number of primary amides is 1. The molecule has 92 valence electrons. The van der Waals surface area contributed by atoms with Crippen LogP contribution in [0.15, 0.2) is 5.16 Å². The van der Waals surface area contributed by atoms with E-state index in [0.717, 1.165) is 0 Å². The molecule has 2 unspecified atom stereocenters. The number of carbonyl (C=O) groups excluding carboxylic acids is 2. The molecule has 2 atom stereocenters. The third-order valence-corrected chi connectivity index (χ3v) is 2.17. The van der Waals surface area contributed by atoms with Crippen LogP contribution in [-0.4, -0.2) is 28.9 Å². The summed E-state index contributed by atoms with van der Waals surface area (Å²) in [5.41, 5.74) is 10.4. The van der Waals surface area contributed by atoms with Crippen molar-refractivity contribution in [2.45, 2.75) is 26.8 Å². The van der Waals surface area contributed by atoms with Crippen molar-refractivity contribution >= 4 is 17.6 Å². The first kappa shape index (κ1) is 14.2. The van der Waals surface area contributed by atoms with Crippen molar-refractivity contribution in [1.82, 2.24) is 5.32 Å². The van der Waals surface area contributed by atoms with Gasteiger partial charge in [-0.1, -0.05) is 19.0 Å². The Balaban J connectivity index is 4.71. The minimum atomic E-state index is -0.791. The van der Waals surface area contributed by atoms with Crippen LogP contribution in [0.25, 0.3) is 0 Å². The molecule has 0 heterocycles. The van der Waals surface area contributed by atoms with Crippen molar-refractivity contribution in [2.24, 2.45) is 28.5 Å². The number of nitrogens with zero attached hydrogens (tertiary/aromatic N) is 1. The lowest BCUT2D eigenvalue weighted by atomic mass is 9.93. The maximum Gasteiger partial charge on any atom is 0.239 e. The second kappa shape index (κ2) is 5.94. The fraction of sp³-hybridized carbons (Fsp3) is 0.667. The van der Waals surface area contributed by atoms with Gasteiger partial charge < -0.3 is 22.0 Å². The van der Waals surface area contributed by atoms with E-state index in [0.29, 0.717) is 0 Å². The summed E-state index contributed by atoms with van der Waals surface area (Å²) < 4.78 is 0. The smallest absolute Gasteiger partial charge is 0.239 e. The van der Waals surface area contributed by atoms with Crippen molar-refractivity contribution in [2.75, 3.05) is 0 Å². The van der Waals surface area contributed by atoms with Crippen LogP contribution in [0, 0.1) is 11.8 Å². The molecule has 0 radical (unpaired) electrons. The average molecular weight is 230 g/mol. The monoisotopic (exact) mass is 230 g/mol. The quantitative estimate of drug-likeness (QED) is 0.209. The largest absolute Gasteiger partial charge is 0.409 e. The summed E-state index contributed by atoms with van der Waals surface area (Å²) >= 11 is 0. The molecule has 7 heteroatoms. The summed E-state index contributed by atoms with van der Waals surface area (Å²) in [4.78, 5) is 22.5. The maximum atomic E-state index is 11.7. The Morgan fingerprint density at radius 3 is 2.06 bits per heavy atom. The molecule has 0 saturated heterocycles. The summed E-state index contributed by atoms with van der Waals surface area (Å²) in [6, 6.07) is -0.791. The number of nitrogens with two attached hydrogens (primary N) is 2. The standard InChI is InChI=1S/C9H18N4O3/c1-4(2)6(7(10)13-16)9(15)12-5(3)8(11)14/h4-6,16H,1-3H3,(H2,10,13)(H2,11,14)(H,12,15). The molecule has 0 saturated carbocycles. The van der Waals surface area contributed by atoms with Gasteiger partial charge in [-0.3, -0.25) is 9.59 Å². The first-order valence-electron chi connectivity index (χ1n) is 4.88. The molecule has 0 aromatic rings. The normalized spacial score (nSPS) is 15.6. The number of carbonyl (C=O) groups is 2. The minimum Gasteiger partial charge on any atom is -0.409 e. The molecule has 0 aliphatic rings. The van der Waals surface area contributed by atoms with Gasteiger partial charge in [-0.25, -0.2) is 0 Å². The Bertz CT molecular complexity index is 301. The highest BCUT2D eigenvalue weighted by Gasteiger charge is 2.28. The zero-order valence-corrected chi connectivity index (χ0v) is 9.60. The Hall–Kier alpha value is -1.79. The predicted molar refractivity (Wildman–Crippen MR) is 58.5 cm³/mol. The van der Waals surface area contributed by atoms with Crippen molar-refractivity contribution in [3.05, 3.63) is 0 Å². The van der Waals surface area contributed by atoms with Crippen molar-refractivity contribution in [3.63, 3.8) is 0 Å². The zero-order valence-electron chi connectivity index (χ0n) is 9.60. The Kier molecular flexibility index (Phi) is 5.27. The topological polar surface area (TPSA) is 131 Å². The van der Waals surface area contributed by atoms with Crippen molar-refractivity contribution in [3.8, 4) is 0 Å². The Labute approximate surface area is 93.9 Å². The molecular formula is C9H18N4O3. The van der Waals surface area contributed by atoms with Crippen LogP contribution in [0.2, 0.25) is 0 Å². The molecule has 6 N–H and O–H groups in total. The van der Waals surface area contributed by atoms with Crippen LogP contribution >= 0.6 is 0 Å². The zero-order chi connectivity index (χ0) is 12.9. The number of amides is 2. The van der Waals surface area contributed by atoms with E-state index in [9.17, 15) is 9.59 Å². The van der Waals surface area contributed by atoms with Crippen LogP contribution < -0.4 is 16.8 Å². The number of hydrogen-bond donors (Lipinski definition) is 4. The van der Waals surface area contributed by atoms with E-state index in [-0.39, 0.29) is 11.8 Å². The molecule has 0 aromatic carbocycles. The van der Waals surface area contributed by atoms with Gasteiger partial charge in [0.15, 0.2) is 5.84 Å². The summed E-state index contributed by atoms with van der Waals surface area (Å²) in [6.45, 7) is 4.96. The van der Waals surface area contributed by atoms with Gasteiger partial charge in [0.2, 0.25) is 11.8 Å². The highest BCUT2D eigenvalue weighted by Crippen LogP contribution is 2.11. The maximum absolute atomic E-state index is 11.7. The van der Waals surface area contributed by atoms with E-state index >= 15 is 0 Å². The predicted octanol–water partition coefficient (Wildman–Crippen LogP) is -1.00. The third kappa shape index (κ3) is 3.76. The van der Waals surface area contributed by atoms with E-state index in [4.69, 9.17) is 16.7 Å². The molecule has 16 heavy (non-hydrogen) atoms. The fourth-order valence-corrected chi connectivity index (χ4v) is 1.22. The highest BCUT2D eigenvalue weighted by molar-refractivity contribution is 6.03. The Morgan fingerprint density at radius 2 is 1.75 bits per heavy atom. The Morgan fingerprint density at radius 1 is 1.25 bits per heavy atom. The van der Waals surface area contributed by atoms with Gasteiger partial charge >= 0.3 is 0 Å². The van der Waals surface area contributed by atoms with Crippen LogP contribution in [0.1, 0.15) is 20.8 Å². The molecule has 0 aliphatic heterocycles. The van der Waals surface area contributed by atoms with E-state index in [2.05, 4.69) is 10.5 Å². The number of oxime groups is 1. The summed E-state index contributed by atoms with van der Waals surface area (Å²) in [7, 11) is 0.